The zero-order valence-corrected chi connectivity index (χ0v) is 14.6. The lowest BCUT2D eigenvalue weighted by Gasteiger charge is -2.29. The molecule has 0 fully saturated rings. The fourth-order valence-electron chi connectivity index (χ4n) is 2.76. The number of ketones is 1. The largest absolute Gasteiger partial charge is 0.352 e. The van der Waals surface area contributed by atoms with Gasteiger partial charge in [0.25, 0.3) is 11.5 Å². The van der Waals surface area contributed by atoms with Crippen molar-refractivity contribution in [3.8, 4) is 0 Å². The molecule has 0 bridgehead atoms. The summed E-state index contributed by atoms with van der Waals surface area (Å²) in [5, 5.41) is 5.69. The van der Waals surface area contributed by atoms with Gasteiger partial charge < -0.3 is 15.6 Å². The predicted octanol–water partition coefficient (Wildman–Crippen LogP) is 1.29. The van der Waals surface area contributed by atoms with Gasteiger partial charge in [0.2, 0.25) is 0 Å². The maximum absolute atomic E-state index is 12.2. The molecule has 0 spiro atoms. The molecule has 1 aromatic heterocycles. The summed E-state index contributed by atoms with van der Waals surface area (Å²) >= 11 is 0. The Bertz CT molecular complexity index is 652. The minimum Gasteiger partial charge on any atom is -0.352 e. The maximum Gasteiger partial charge on any atom is 0.261 e. The molecule has 0 aromatic carbocycles. The van der Waals surface area contributed by atoms with Crippen molar-refractivity contribution in [1.82, 2.24) is 15.6 Å². The van der Waals surface area contributed by atoms with Gasteiger partial charge in [-0.2, -0.15) is 0 Å². The lowest BCUT2D eigenvalue weighted by atomic mass is 9.75. The molecule has 128 valence electrons. The first-order valence-electron chi connectivity index (χ1n) is 7.56. The first-order chi connectivity index (χ1) is 10.3. The third-order valence-electron chi connectivity index (χ3n) is 3.85. The second kappa shape index (κ2) is 7.75. The van der Waals surface area contributed by atoms with Crippen molar-refractivity contribution >= 4 is 24.1 Å². The van der Waals surface area contributed by atoms with Gasteiger partial charge in [-0.05, 0) is 37.9 Å². The monoisotopic (exact) mass is 341 g/mol. The molecule has 3 N–H and O–H groups in total. The summed E-state index contributed by atoms with van der Waals surface area (Å²) in [6.07, 6.45) is 1.83. The molecule has 0 saturated carbocycles. The molecule has 23 heavy (non-hydrogen) atoms. The molecule has 1 aromatic rings. The standard InChI is InChI=1S/C16H23N3O3.ClH/c1-16(2)8-12-10(13(20)9-16)7-11(15(22)19-12)14(21)18-6-4-5-17-3;/h7,17H,4-6,8-9H2,1-3H3,(H,18,21)(H,19,22);1H. The number of rotatable bonds is 5. The molecule has 0 aliphatic heterocycles. The number of halogens is 1. The molecule has 1 aliphatic rings. The summed E-state index contributed by atoms with van der Waals surface area (Å²) in [7, 11) is 1.84. The number of H-pyrrole nitrogens is 1. The summed E-state index contributed by atoms with van der Waals surface area (Å²) in [4.78, 5) is 39.1. The van der Waals surface area contributed by atoms with Crippen molar-refractivity contribution in [2.24, 2.45) is 5.41 Å². The van der Waals surface area contributed by atoms with E-state index in [1.54, 1.807) is 0 Å². The first kappa shape index (κ1) is 19.4. The van der Waals surface area contributed by atoms with Gasteiger partial charge in [0.15, 0.2) is 5.78 Å². The zero-order chi connectivity index (χ0) is 16.3. The highest BCUT2D eigenvalue weighted by Crippen LogP contribution is 2.33. The van der Waals surface area contributed by atoms with Crippen molar-refractivity contribution in [1.29, 1.82) is 0 Å². The Labute approximate surface area is 141 Å². The van der Waals surface area contributed by atoms with E-state index in [4.69, 9.17) is 0 Å². The molecule has 1 aliphatic carbocycles. The third kappa shape index (κ3) is 4.65. The van der Waals surface area contributed by atoms with Crippen LogP contribution in [0.5, 0.6) is 0 Å². The Balaban J connectivity index is 0.00000264. The van der Waals surface area contributed by atoms with Crippen molar-refractivity contribution in [3.63, 3.8) is 0 Å². The van der Waals surface area contributed by atoms with E-state index in [1.807, 2.05) is 20.9 Å². The van der Waals surface area contributed by atoms with Gasteiger partial charge in [-0.1, -0.05) is 13.8 Å². The maximum atomic E-state index is 12.2. The highest BCUT2D eigenvalue weighted by atomic mass is 35.5. The minimum atomic E-state index is -0.435. The SMILES string of the molecule is CNCCCNC(=O)c1cc2c([nH]c1=O)CC(C)(C)CC2=O.Cl. The van der Waals surface area contributed by atoms with Crippen LogP contribution in [0.3, 0.4) is 0 Å². The van der Waals surface area contributed by atoms with E-state index in [0.29, 0.717) is 30.6 Å². The van der Waals surface area contributed by atoms with Gasteiger partial charge in [0.1, 0.15) is 5.56 Å². The smallest absolute Gasteiger partial charge is 0.261 e. The lowest BCUT2D eigenvalue weighted by Crippen LogP contribution is -2.35. The fraction of sp³-hybridized carbons (Fsp3) is 0.562. The molecule has 0 saturated heterocycles. The molecule has 6 nitrogen and oxygen atoms in total. The summed E-state index contributed by atoms with van der Waals surface area (Å²) in [5.41, 5.74) is 0.521. The zero-order valence-electron chi connectivity index (χ0n) is 13.7. The second-order valence-electron chi connectivity index (χ2n) is 6.56. The molecule has 0 unspecified atom stereocenters. The van der Waals surface area contributed by atoms with E-state index < -0.39 is 11.5 Å². The van der Waals surface area contributed by atoms with Crippen LogP contribution in [0.4, 0.5) is 0 Å². The molecular weight excluding hydrogens is 318 g/mol. The molecule has 2 rings (SSSR count). The number of aromatic nitrogens is 1. The fourth-order valence-corrected chi connectivity index (χ4v) is 2.76. The lowest BCUT2D eigenvalue weighted by molar-refractivity contribution is 0.0910. The highest BCUT2D eigenvalue weighted by molar-refractivity contribution is 6.02. The van der Waals surface area contributed by atoms with E-state index >= 15 is 0 Å². The van der Waals surface area contributed by atoms with Gasteiger partial charge in [-0.3, -0.25) is 14.4 Å². The molecular formula is C16H24ClN3O3. The summed E-state index contributed by atoms with van der Waals surface area (Å²) in [5.74, 6) is -0.454. The van der Waals surface area contributed by atoms with Crippen LogP contribution in [-0.2, 0) is 6.42 Å². The van der Waals surface area contributed by atoms with Crippen LogP contribution < -0.4 is 16.2 Å². The molecule has 0 atom stereocenters. The average Bonchev–Trinajstić information content (AvgIpc) is 2.41. The summed E-state index contributed by atoms with van der Waals surface area (Å²) < 4.78 is 0. The predicted molar refractivity (Wildman–Crippen MR) is 91.6 cm³/mol. The van der Waals surface area contributed by atoms with Gasteiger partial charge in [-0.25, -0.2) is 0 Å². The minimum absolute atomic E-state index is 0. The number of aromatic amines is 1. The number of pyridine rings is 1. The van der Waals surface area contributed by atoms with Gasteiger partial charge >= 0.3 is 0 Å². The normalized spacial score (nSPS) is 15.5. The van der Waals surface area contributed by atoms with Gasteiger partial charge in [0.05, 0.1) is 0 Å². The van der Waals surface area contributed by atoms with E-state index in [1.165, 1.54) is 6.07 Å². The topological polar surface area (TPSA) is 91.1 Å². The van der Waals surface area contributed by atoms with Crippen LogP contribution in [0.15, 0.2) is 10.9 Å². The highest BCUT2D eigenvalue weighted by Gasteiger charge is 2.32. The Kier molecular flexibility index (Phi) is 6.53. The van der Waals surface area contributed by atoms with E-state index in [0.717, 1.165) is 13.0 Å². The van der Waals surface area contributed by atoms with Crippen LogP contribution in [0.25, 0.3) is 0 Å². The number of amides is 1. The number of fused-ring (bicyclic) bond motifs is 1. The van der Waals surface area contributed by atoms with Crippen LogP contribution in [0.1, 0.15) is 53.1 Å². The van der Waals surface area contributed by atoms with Crippen LogP contribution in [-0.4, -0.2) is 36.8 Å². The van der Waals surface area contributed by atoms with Crippen molar-refractivity contribution in [2.45, 2.75) is 33.1 Å². The van der Waals surface area contributed by atoms with E-state index in [9.17, 15) is 14.4 Å². The van der Waals surface area contributed by atoms with Crippen LogP contribution >= 0.6 is 12.4 Å². The Hall–Kier alpha value is -1.66. The summed E-state index contributed by atoms with van der Waals surface area (Å²) in [6.45, 7) is 5.26. The van der Waals surface area contributed by atoms with Crippen molar-refractivity contribution in [3.05, 3.63) is 33.2 Å². The van der Waals surface area contributed by atoms with Crippen LogP contribution in [0, 0.1) is 5.41 Å². The van der Waals surface area contributed by atoms with Gasteiger partial charge in [0, 0.05) is 24.2 Å². The van der Waals surface area contributed by atoms with Crippen molar-refractivity contribution in [2.75, 3.05) is 20.1 Å². The Morgan fingerprint density at radius 2 is 1.96 bits per heavy atom. The average molecular weight is 342 g/mol. The van der Waals surface area contributed by atoms with E-state index in [2.05, 4.69) is 15.6 Å². The van der Waals surface area contributed by atoms with Crippen LogP contribution in [0.2, 0.25) is 0 Å². The summed E-state index contributed by atoms with van der Waals surface area (Å²) in [6, 6.07) is 1.44. The third-order valence-corrected chi connectivity index (χ3v) is 3.85. The molecule has 7 heteroatoms. The quantitative estimate of drug-likeness (QED) is 0.704. The molecule has 1 heterocycles. The number of Topliss-reactive ketones (excluding diaryl/α,β-unsaturated/α-hetero) is 1. The number of carbonyl (C=O) groups excluding carboxylic acids is 2. The Morgan fingerprint density at radius 1 is 1.26 bits per heavy atom. The number of nitrogens with one attached hydrogen (secondary N) is 3. The Morgan fingerprint density at radius 3 is 2.61 bits per heavy atom. The van der Waals surface area contributed by atoms with Gasteiger partial charge in [-0.15, -0.1) is 12.4 Å². The molecule has 0 radical (unpaired) electrons. The van der Waals surface area contributed by atoms with E-state index in [-0.39, 0.29) is 29.2 Å². The first-order valence-corrected chi connectivity index (χ1v) is 7.56. The number of hydrogen-bond donors (Lipinski definition) is 3. The molecule has 1 amide bonds. The van der Waals surface area contributed by atoms with Crippen molar-refractivity contribution < 1.29 is 9.59 Å². The second-order valence-corrected chi connectivity index (χ2v) is 6.56. The number of hydrogen-bond acceptors (Lipinski definition) is 4. The number of carbonyl (C=O) groups is 2.